The van der Waals surface area contributed by atoms with E-state index < -0.39 is 5.56 Å². The molecule has 0 radical (unpaired) electrons. The molecule has 1 heterocycles. The molecule has 1 atom stereocenters. The molecule has 7 heteroatoms. The van der Waals surface area contributed by atoms with E-state index in [0.717, 1.165) is 11.3 Å². The highest BCUT2D eigenvalue weighted by Gasteiger charge is 2.17. The number of aromatic nitrogens is 2. The van der Waals surface area contributed by atoms with Gasteiger partial charge in [0.25, 0.3) is 0 Å². The summed E-state index contributed by atoms with van der Waals surface area (Å²) in [6, 6.07) is 14.0. The average molecular weight is 388 g/mol. The minimum atomic E-state index is -1.21. The lowest BCUT2D eigenvalue weighted by molar-refractivity contribution is 0.257. The Hall–Kier alpha value is -1.23. The molecule has 0 aliphatic heterocycles. The number of hydrogen-bond donors (Lipinski definition) is 1. The minimum Gasteiger partial charge on any atom is -0.372 e. The SMILES string of the molecule is OC(Cl)c1cc(-c2ccc(Cl)cc2)n(-c2ccc(Cl)cc2Cl)n1. The molecule has 118 valence electrons. The number of benzene rings is 2. The van der Waals surface area contributed by atoms with Crippen LogP contribution in [0.5, 0.6) is 0 Å². The summed E-state index contributed by atoms with van der Waals surface area (Å²) in [5.41, 5.74) is 1.32. The second kappa shape index (κ2) is 6.71. The van der Waals surface area contributed by atoms with Crippen molar-refractivity contribution in [2.75, 3.05) is 0 Å². The largest absolute Gasteiger partial charge is 0.372 e. The summed E-state index contributed by atoms with van der Waals surface area (Å²) in [6.07, 6.45) is 0. The van der Waals surface area contributed by atoms with Gasteiger partial charge in [-0.25, -0.2) is 4.68 Å². The van der Waals surface area contributed by atoms with E-state index in [1.54, 1.807) is 41.1 Å². The van der Waals surface area contributed by atoms with Gasteiger partial charge in [-0.3, -0.25) is 0 Å². The van der Waals surface area contributed by atoms with Crippen molar-refractivity contribution in [1.29, 1.82) is 0 Å². The fourth-order valence-corrected chi connectivity index (χ4v) is 2.90. The number of alkyl halides is 1. The van der Waals surface area contributed by atoms with E-state index in [0.29, 0.717) is 26.4 Å². The quantitative estimate of drug-likeness (QED) is 0.582. The zero-order valence-electron chi connectivity index (χ0n) is 11.5. The third-order valence-electron chi connectivity index (χ3n) is 3.25. The van der Waals surface area contributed by atoms with E-state index in [9.17, 15) is 5.11 Å². The van der Waals surface area contributed by atoms with Gasteiger partial charge in [0.15, 0.2) is 5.56 Å². The lowest BCUT2D eigenvalue weighted by Gasteiger charge is -2.10. The highest BCUT2D eigenvalue weighted by molar-refractivity contribution is 6.35. The first-order valence-corrected chi connectivity index (χ1v) is 8.16. The average Bonchev–Trinajstić information content (AvgIpc) is 2.93. The fraction of sp³-hybridized carbons (Fsp3) is 0.0625. The molecule has 2 aromatic carbocycles. The number of halogens is 4. The predicted molar refractivity (Wildman–Crippen MR) is 94.8 cm³/mol. The number of nitrogens with zero attached hydrogens (tertiary/aromatic N) is 2. The molecule has 0 bridgehead atoms. The second-order valence-electron chi connectivity index (χ2n) is 4.80. The van der Waals surface area contributed by atoms with Crippen LogP contribution < -0.4 is 0 Å². The first kappa shape index (κ1) is 16.6. The Bertz CT molecular complexity index is 844. The van der Waals surface area contributed by atoms with Crippen molar-refractivity contribution >= 4 is 46.4 Å². The first-order chi connectivity index (χ1) is 11.0. The molecule has 23 heavy (non-hydrogen) atoms. The lowest BCUT2D eigenvalue weighted by Crippen LogP contribution is -2.01. The van der Waals surface area contributed by atoms with E-state index >= 15 is 0 Å². The van der Waals surface area contributed by atoms with E-state index in [2.05, 4.69) is 5.10 Å². The van der Waals surface area contributed by atoms with Gasteiger partial charge in [-0.15, -0.1) is 0 Å². The lowest BCUT2D eigenvalue weighted by atomic mass is 10.1. The van der Waals surface area contributed by atoms with Gasteiger partial charge < -0.3 is 5.11 Å². The number of rotatable bonds is 3. The van der Waals surface area contributed by atoms with Crippen molar-refractivity contribution in [2.24, 2.45) is 0 Å². The Morgan fingerprint density at radius 2 is 1.57 bits per heavy atom. The topological polar surface area (TPSA) is 38.0 Å². The van der Waals surface area contributed by atoms with E-state index in [-0.39, 0.29) is 0 Å². The summed E-state index contributed by atoms with van der Waals surface area (Å²) in [4.78, 5) is 0. The molecule has 0 aliphatic rings. The van der Waals surface area contributed by atoms with Crippen molar-refractivity contribution in [3.8, 4) is 16.9 Å². The molecule has 0 aliphatic carbocycles. The van der Waals surface area contributed by atoms with Gasteiger partial charge >= 0.3 is 0 Å². The van der Waals surface area contributed by atoms with Gasteiger partial charge in [-0.2, -0.15) is 5.10 Å². The van der Waals surface area contributed by atoms with E-state index in [4.69, 9.17) is 46.4 Å². The van der Waals surface area contributed by atoms with Crippen LogP contribution in [0.1, 0.15) is 11.3 Å². The summed E-state index contributed by atoms with van der Waals surface area (Å²) in [7, 11) is 0. The van der Waals surface area contributed by atoms with E-state index in [1.165, 1.54) is 0 Å². The molecule has 0 amide bonds. The van der Waals surface area contributed by atoms with Crippen LogP contribution in [0.2, 0.25) is 15.1 Å². The molecule has 3 nitrogen and oxygen atoms in total. The molecule has 3 aromatic rings. The second-order valence-corrected chi connectivity index (χ2v) is 6.50. The van der Waals surface area contributed by atoms with Crippen molar-refractivity contribution < 1.29 is 5.11 Å². The maximum atomic E-state index is 9.63. The van der Waals surface area contributed by atoms with E-state index in [1.807, 2.05) is 12.1 Å². The third-order valence-corrected chi connectivity index (χ3v) is 4.26. The van der Waals surface area contributed by atoms with Gasteiger partial charge in [0.2, 0.25) is 0 Å². The molecule has 1 N–H and O–H groups in total. The van der Waals surface area contributed by atoms with Crippen LogP contribution in [-0.2, 0) is 0 Å². The van der Waals surface area contributed by atoms with Crippen LogP contribution in [0.25, 0.3) is 16.9 Å². The maximum Gasteiger partial charge on any atom is 0.172 e. The van der Waals surface area contributed by atoms with Crippen molar-refractivity contribution in [1.82, 2.24) is 9.78 Å². The van der Waals surface area contributed by atoms with Gasteiger partial charge in [0.05, 0.1) is 16.4 Å². The Balaban J connectivity index is 2.20. The number of aliphatic hydroxyl groups excluding tert-OH is 1. The highest BCUT2D eigenvalue weighted by atomic mass is 35.5. The summed E-state index contributed by atoms with van der Waals surface area (Å²) < 4.78 is 1.61. The summed E-state index contributed by atoms with van der Waals surface area (Å²) >= 11 is 23.9. The molecule has 1 unspecified atom stereocenters. The Morgan fingerprint density at radius 1 is 0.913 bits per heavy atom. The molecule has 0 saturated carbocycles. The molecule has 0 saturated heterocycles. The van der Waals surface area contributed by atoms with Gasteiger partial charge in [-0.1, -0.05) is 58.5 Å². The summed E-state index contributed by atoms with van der Waals surface area (Å²) in [5, 5.41) is 15.6. The van der Waals surface area contributed by atoms with Crippen molar-refractivity contribution in [3.63, 3.8) is 0 Å². The van der Waals surface area contributed by atoms with Gasteiger partial charge in [-0.05, 0) is 36.4 Å². The summed E-state index contributed by atoms with van der Waals surface area (Å²) in [5.74, 6) is 0. The van der Waals surface area contributed by atoms with Gasteiger partial charge in [0, 0.05) is 15.6 Å². The first-order valence-electron chi connectivity index (χ1n) is 6.59. The van der Waals surface area contributed by atoms with Crippen molar-refractivity contribution in [2.45, 2.75) is 5.56 Å². The molecular formula is C16H10Cl4N2O. The normalized spacial score (nSPS) is 12.4. The number of aliphatic hydroxyl groups is 1. The fourth-order valence-electron chi connectivity index (χ4n) is 2.18. The van der Waals surface area contributed by atoms with Crippen LogP contribution in [0.4, 0.5) is 0 Å². The van der Waals surface area contributed by atoms with Crippen LogP contribution >= 0.6 is 46.4 Å². The Labute approximate surface area is 153 Å². The molecule has 1 aromatic heterocycles. The minimum absolute atomic E-state index is 0.322. The molecular weight excluding hydrogens is 378 g/mol. The Kier molecular flexibility index (Phi) is 4.85. The van der Waals surface area contributed by atoms with Gasteiger partial charge in [0.1, 0.15) is 5.69 Å². The Morgan fingerprint density at radius 3 is 2.17 bits per heavy atom. The van der Waals surface area contributed by atoms with Crippen molar-refractivity contribution in [3.05, 3.63) is 69.3 Å². The number of hydrogen-bond acceptors (Lipinski definition) is 2. The monoisotopic (exact) mass is 386 g/mol. The van der Waals surface area contributed by atoms with Crippen LogP contribution in [0.3, 0.4) is 0 Å². The maximum absolute atomic E-state index is 9.63. The third kappa shape index (κ3) is 3.49. The zero-order valence-corrected chi connectivity index (χ0v) is 14.6. The predicted octanol–water partition coefficient (Wildman–Crippen LogP) is 5.73. The van der Waals surface area contributed by atoms with Crippen LogP contribution in [-0.4, -0.2) is 14.9 Å². The molecule has 0 spiro atoms. The van der Waals surface area contributed by atoms with Crippen LogP contribution in [0, 0.1) is 0 Å². The summed E-state index contributed by atoms with van der Waals surface area (Å²) in [6.45, 7) is 0. The van der Waals surface area contributed by atoms with Crippen LogP contribution in [0.15, 0.2) is 48.5 Å². The zero-order chi connectivity index (χ0) is 16.6. The molecule has 3 rings (SSSR count). The smallest absolute Gasteiger partial charge is 0.172 e. The molecule has 0 fully saturated rings. The standard InChI is InChI=1S/C16H10Cl4N2O/c17-10-3-1-9(2-4-10)15-8-13(16(20)23)21-22(15)14-6-5-11(18)7-12(14)19/h1-8,16,23H. The highest BCUT2D eigenvalue weighted by Crippen LogP contribution is 2.32.